The first kappa shape index (κ1) is 13.3. The quantitative estimate of drug-likeness (QED) is 0.905. The lowest BCUT2D eigenvalue weighted by atomic mass is 10.1. The van der Waals surface area contributed by atoms with Gasteiger partial charge in [-0.2, -0.15) is 5.10 Å². The Morgan fingerprint density at radius 2 is 2.30 bits per heavy atom. The highest BCUT2D eigenvalue weighted by Crippen LogP contribution is 2.20. The molecule has 0 saturated carbocycles. The Morgan fingerprint density at radius 1 is 1.50 bits per heavy atom. The number of aryl methyl sites for hydroxylation is 1. The van der Waals surface area contributed by atoms with Crippen LogP contribution >= 0.6 is 11.3 Å². The molecule has 3 rings (SSSR count). The highest BCUT2D eigenvalue weighted by atomic mass is 32.1. The van der Waals surface area contributed by atoms with E-state index in [1.165, 1.54) is 11.3 Å². The van der Waals surface area contributed by atoms with Crippen molar-refractivity contribution >= 4 is 22.9 Å². The van der Waals surface area contributed by atoms with E-state index in [0.717, 1.165) is 36.6 Å². The largest absolute Gasteiger partial charge is 0.318 e. The zero-order valence-electron chi connectivity index (χ0n) is 11.3. The summed E-state index contributed by atoms with van der Waals surface area (Å²) >= 11 is 1.47. The molecule has 20 heavy (non-hydrogen) atoms. The van der Waals surface area contributed by atoms with Crippen LogP contribution in [0.1, 0.15) is 34.4 Å². The van der Waals surface area contributed by atoms with E-state index in [1.807, 2.05) is 17.8 Å². The standard InChI is InChI=1S/C13H17N5OS/c1-9-16-12(8-20-9)13(19)17-10-6-15-18(7-10)11-2-4-14-5-3-11/h6-8,11,14H,2-5H2,1H3,(H,17,19). The molecule has 2 N–H and O–H groups in total. The summed E-state index contributed by atoms with van der Waals surface area (Å²) in [6.07, 6.45) is 5.73. The van der Waals surface area contributed by atoms with Gasteiger partial charge in [-0.25, -0.2) is 4.98 Å². The third-order valence-electron chi connectivity index (χ3n) is 3.39. The van der Waals surface area contributed by atoms with Gasteiger partial charge < -0.3 is 10.6 Å². The van der Waals surface area contributed by atoms with Crippen molar-refractivity contribution in [1.82, 2.24) is 20.1 Å². The van der Waals surface area contributed by atoms with E-state index >= 15 is 0 Å². The van der Waals surface area contributed by atoms with Gasteiger partial charge >= 0.3 is 0 Å². The van der Waals surface area contributed by atoms with Crippen LogP contribution in [0.15, 0.2) is 17.8 Å². The number of carbonyl (C=O) groups excluding carboxylic acids is 1. The summed E-state index contributed by atoms with van der Waals surface area (Å²) in [5, 5.41) is 13.2. The summed E-state index contributed by atoms with van der Waals surface area (Å²) in [7, 11) is 0. The number of anilines is 1. The van der Waals surface area contributed by atoms with Gasteiger partial charge in [-0.05, 0) is 32.9 Å². The van der Waals surface area contributed by atoms with Gasteiger partial charge in [-0.1, -0.05) is 0 Å². The molecule has 1 fully saturated rings. The zero-order chi connectivity index (χ0) is 13.9. The number of hydrogen-bond donors (Lipinski definition) is 2. The number of rotatable bonds is 3. The minimum absolute atomic E-state index is 0.181. The third-order valence-corrected chi connectivity index (χ3v) is 4.17. The summed E-state index contributed by atoms with van der Waals surface area (Å²) in [6.45, 7) is 3.92. The lowest BCUT2D eigenvalue weighted by Gasteiger charge is -2.22. The first-order valence-electron chi connectivity index (χ1n) is 6.71. The molecule has 1 aliphatic heterocycles. The number of carbonyl (C=O) groups is 1. The molecule has 0 unspecified atom stereocenters. The number of nitrogens with one attached hydrogen (secondary N) is 2. The average molecular weight is 291 g/mol. The Hall–Kier alpha value is -1.73. The van der Waals surface area contributed by atoms with Crippen LogP contribution in [0.4, 0.5) is 5.69 Å². The minimum Gasteiger partial charge on any atom is -0.318 e. The van der Waals surface area contributed by atoms with Crippen molar-refractivity contribution in [1.29, 1.82) is 0 Å². The van der Waals surface area contributed by atoms with E-state index in [2.05, 4.69) is 20.7 Å². The van der Waals surface area contributed by atoms with Crippen molar-refractivity contribution < 1.29 is 4.79 Å². The summed E-state index contributed by atoms with van der Waals surface area (Å²) in [4.78, 5) is 16.2. The smallest absolute Gasteiger partial charge is 0.275 e. The van der Waals surface area contributed by atoms with Crippen molar-refractivity contribution in [3.05, 3.63) is 28.5 Å². The second kappa shape index (κ2) is 5.72. The molecular formula is C13H17N5OS. The first-order valence-corrected chi connectivity index (χ1v) is 7.59. The summed E-state index contributed by atoms with van der Waals surface area (Å²) < 4.78 is 1.95. The van der Waals surface area contributed by atoms with Gasteiger partial charge in [0.25, 0.3) is 5.91 Å². The molecule has 0 aromatic carbocycles. The molecule has 6 nitrogen and oxygen atoms in total. The lowest BCUT2D eigenvalue weighted by molar-refractivity contribution is 0.102. The topological polar surface area (TPSA) is 71.8 Å². The van der Waals surface area contributed by atoms with Gasteiger partial charge in [-0.3, -0.25) is 9.48 Å². The number of thiazole rings is 1. The molecule has 7 heteroatoms. The molecule has 106 valence electrons. The Bertz CT molecular complexity index is 599. The van der Waals surface area contributed by atoms with Gasteiger partial charge in [0.15, 0.2) is 0 Å². The van der Waals surface area contributed by atoms with E-state index in [9.17, 15) is 4.79 Å². The van der Waals surface area contributed by atoms with Crippen LogP contribution in [-0.4, -0.2) is 33.8 Å². The van der Waals surface area contributed by atoms with Crippen LogP contribution in [0.5, 0.6) is 0 Å². The Labute approximate surface area is 121 Å². The maximum Gasteiger partial charge on any atom is 0.275 e. The molecule has 0 bridgehead atoms. The predicted octanol–water partition coefficient (Wildman–Crippen LogP) is 1.82. The summed E-state index contributed by atoms with van der Waals surface area (Å²) in [5.41, 5.74) is 1.18. The molecule has 2 aromatic heterocycles. The molecule has 1 amide bonds. The maximum atomic E-state index is 12.0. The van der Waals surface area contributed by atoms with Gasteiger partial charge in [0, 0.05) is 11.6 Å². The van der Waals surface area contributed by atoms with E-state index in [0.29, 0.717) is 11.7 Å². The van der Waals surface area contributed by atoms with Crippen LogP contribution in [0.3, 0.4) is 0 Å². The molecule has 0 atom stereocenters. The normalized spacial score (nSPS) is 16.2. The van der Waals surface area contributed by atoms with Gasteiger partial charge in [-0.15, -0.1) is 11.3 Å². The molecule has 2 aromatic rings. The highest BCUT2D eigenvalue weighted by Gasteiger charge is 2.16. The molecule has 0 radical (unpaired) electrons. The van der Waals surface area contributed by atoms with Gasteiger partial charge in [0.05, 0.1) is 22.9 Å². The van der Waals surface area contributed by atoms with Crippen LogP contribution in [0.2, 0.25) is 0 Å². The number of aromatic nitrogens is 3. The Kier molecular flexibility index (Phi) is 3.79. The van der Waals surface area contributed by atoms with Gasteiger partial charge in [0.1, 0.15) is 5.69 Å². The van der Waals surface area contributed by atoms with E-state index in [1.54, 1.807) is 11.6 Å². The Morgan fingerprint density at radius 3 is 3.00 bits per heavy atom. The monoisotopic (exact) mass is 291 g/mol. The predicted molar refractivity (Wildman–Crippen MR) is 78.2 cm³/mol. The fourth-order valence-corrected chi connectivity index (χ4v) is 2.93. The highest BCUT2D eigenvalue weighted by molar-refractivity contribution is 7.09. The Balaban J connectivity index is 1.66. The molecule has 3 heterocycles. The second-order valence-electron chi connectivity index (χ2n) is 4.90. The lowest BCUT2D eigenvalue weighted by Crippen LogP contribution is -2.29. The summed E-state index contributed by atoms with van der Waals surface area (Å²) in [5.74, 6) is -0.181. The van der Waals surface area contributed by atoms with Crippen molar-refractivity contribution in [2.24, 2.45) is 0 Å². The summed E-state index contributed by atoms with van der Waals surface area (Å²) in [6, 6.07) is 0.420. The van der Waals surface area contributed by atoms with Crippen molar-refractivity contribution in [3.8, 4) is 0 Å². The maximum absolute atomic E-state index is 12.0. The second-order valence-corrected chi connectivity index (χ2v) is 5.96. The van der Waals surface area contributed by atoms with Crippen LogP contribution in [0.25, 0.3) is 0 Å². The number of nitrogens with zero attached hydrogens (tertiary/aromatic N) is 3. The van der Waals surface area contributed by atoms with E-state index in [4.69, 9.17) is 0 Å². The van der Waals surface area contributed by atoms with Crippen molar-refractivity contribution in [3.63, 3.8) is 0 Å². The van der Waals surface area contributed by atoms with Crippen molar-refractivity contribution in [2.45, 2.75) is 25.8 Å². The molecule has 1 saturated heterocycles. The molecule has 0 aliphatic carbocycles. The fraction of sp³-hybridized carbons (Fsp3) is 0.462. The van der Waals surface area contributed by atoms with Crippen LogP contribution in [0, 0.1) is 6.92 Å². The van der Waals surface area contributed by atoms with Crippen LogP contribution < -0.4 is 10.6 Å². The fourth-order valence-electron chi connectivity index (χ4n) is 2.34. The number of piperidine rings is 1. The number of hydrogen-bond acceptors (Lipinski definition) is 5. The van der Waals surface area contributed by atoms with E-state index < -0.39 is 0 Å². The number of amides is 1. The molecule has 0 spiro atoms. The SMILES string of the molecule is Cc1nc(C(=O)Nc2cnn(C3CCNCC3)c2)cs1. The van der Waals surface area contributed by atoms with E-state index in [-0.39, 0.29) is 5.91 Å². The zero-order valence-corrected chi connectivity index (χ0v) is 12.1. The average Bonchev–Trinajstić information content (AvgIpc) is 3.09. The third kappa shape index (κ3) is 2.88. The molecule has 1 aliphatic rings. The van der Waals surface area contributed by atoms with Crippen LogP contribution in [-0.2, 0) is 0 Å². The van der Waals surface area contributed by atoms with Gasteiger partial charge in [0.2, 0.25) is 0 Å². The first-order chi connectivity index (χ1) is 9.72. The minimum atomic E-state index is -0.181. The molecular weight excluding hydrogens is 274 g/mol. The van der Waals surface area contributed by atoms with Crippen molar-refractivity contribution in [2.75, 3.05) is 18.4 Å².